The minimum absolute atomic E-state index is 0.0107. The van der Waals surface area contributed by atoms with Crippen molar-refractivity contribution in [2.75, 3.05) is 11.5 Å². The predicted octanol–water partition coefficient (Wildman–Crippen LogP) is 9.97. The van der Waals surface area contributed by atoms with Crippen molar-refractivity contribution in [2.24, 2.45) is 23.2 Å². The molecule has 3 aliphatic rings. The SMILES string of the molecule is C=C1CCC2C3C(CC[C@]12C)c1ccc(O)cc1C[C@H]3CCCCCCCCCS(=O)CCCC(C)(F)C(F)(F)F. The van der Waals surface area contributed by atoms with Gasteiger partial charge in [-0.05, 0) is 117 Å². The van der Waals surface area contributed by atoms with Crippen LogP contribution in [0.2, 0.25) is 0 Å². The molecule has 7 heteroatoms. The van der Waals surface area contributed by atoms with Crippen molar-refractivity contribution in [1.29, 1.82) is 0 Å². The summed E-state index contributed by atoms with van der Waals surface area (Å²) in [6.07, 6.45) is 9.32. The summed E-state index contributed by atoms with van der Waals surface area (Å²) >= 11 is 0. The van der Waals surface area contributed by atoms with Gasteiger partial charge in [-0.25, -0.2) is 4.39 Å². The molecule has 0 aliphatic heterocycles. The average molecular weight is 599 g/mol. The minimum atomic E-state index is -4.87. The first kappa shape index (κ1) is 32.5. The zero-order valence-electron chi connectivity index (χ0n) is 25.0. The van der Waals surface area contributed by atoms with Crippen LogP contribution in [0.3, 0.4) is 0 Å². The third-order valence-corrected chi connectivity index (χ3v) is 12.4. The molecule has 5 unspecified atom stereocenters. The smallest absolute Gasteiger partial charge is 0.422 e. The highest BCUT2D eigenvalue weighted by Crippen LogP contribution is 2.64. The molecule has 7 atom stereocenters. The maximum absolute atomic E-state index is 13.6. The molecule has 1 aromatic carbocycles. The van der Waals surface area contributed by atoms with E-state index in [0.717, 1.165) is 38.0 Å². The lowest BCUT2D eigenvalue weighted by Gasteiger charge is -2.52. The molecule has 2 nitrogen and oxygen atoms in total. The van der Waals surface area contributed by atoms with Gasteiger partial charge in [0.25, 0.3) is 0 Å². The van der Waals surface area contributed by atoms with E-state index in [2.05, 4.69) is 19.6 Å². The summed E-state index contributed by atoms with van der Waals surface area (Å²) in [4.78, 5) is 0. The Hall–Kier alpha value is -1.37. The number of hydrogen-bond donors (Lipinski definition) is 1. The lowest BCUT2D eigenvalue weighted by Crippen LogP contribution is -2.44. The van der Waals surface area contributed by atoms with Gasteiger partial charge in [0.15, 0.2) is 0 Å². The van der Waals surface area contributed by atoms with Gasteiger partial charge in [0.1, 0.15) is 5.75 Å². The normalized spacial score (nSPS) is 29.9. The highest BCUT2D eigenvalue weighted by Gasteiger charge is 2.54. The van der Waals surface area contributed by atoms with Crippen LogP contribution in [0.15, 0.2) is 30.4 Å². The van der Waals surface area contributed by atoms with Crippen molar-refractivity contribution in [3.63, 3.8) is 0 Å². The monoisotopic (exact) mass is 598 g/mol. The molecule has 1 N–H and O–H groups in total. The predicted molar refractivity (Wildman–Crippen MR) is 160 cm³/mol. The van der Waals surface area contributed by atoms with Crippen LogP contribution in [0.5, 0.6) is 5.75 Å². The Labute approximate surface area is 247 Å². The average Bonchev–Trinajstić information content (AvgIpc) is 3.20. The molecule has 41 heavy (non-hydrogen) atoms. The third-order valence-electron chi connectivity index (χ3n) is 10.9. The van der Waals surface area contributed by atoms with Gasteiger partial charge in [0.05, 0.1) is 0 Å². The zero-order valence-corrected chi connectivity index (χ0v) is 25.9. The van der Waals surface area contributed by atoms with Gasteiger partial charge in [0, 0.05) is 22.3 Å². The van der Waals surface area contributed by atoms with Crippen molar-refractivity contribution in [3.8, 4) is 5.75 Å². The van der Waals surface area contributed by atoms with E-state index < -0.39 is 29.1 Å². The summed E-state index contributed by atoms with van der Waals surface area (Å²) in [6.45, 7) is 7.51. The topological polar surface area (TPSA) is 37.3 Å². The fraction of sp³-hybridized carbons (Fsp3) is 0.765. The van der Waals surface area contributed by atoms with Gasteiger partial charge in [-0.1, -0.05) is 63.7 Å². The molecular formula is C34H50F4O2S. The van der Waals surface area contributed by atoms with E-state index in [4.69, 9.17) is 0 Å². The molecule has 232 valence electrons. The quantitative estimate of drug-likeness (QED) is 0.131. The van der Waals surface area contributed by atoms with Crippen molar-refractivity contribution in [2.45, 2.75) is 128 Å². The largest absolute Gasteiger partial charge is 0.508 e. The molecule has 2 fully saturated rings. The van der Waals surface area contributed by atoms with Crippen LogP contribution in [0.4, 0.5) is 17.6 Å². The maximum atomic E-state index is 13.6. The maximum Gasteiger partial charge on any atom is 0.422 e. The minimum Gasteiger partial charge on any atom is -0.508 e. The Morgan fingerprint density at radius 3 is 2.37 bits per heavy atom. The van der Waals surface area contributed by atoms with E-state index in [1.165, 1.54) is 68.1 Å². The molecule has 0 bridgehead atoms. The number of fused-ring (bicyclic) bond motifs is 5. The lowest BCUT2D eigenvalue weighted by atomic mass is 9.52. The second-order valence-electron chi connectivity index (χ2n) is 13.6. The zero-order chi connectivity index (χ0) is 29.8. The number of alkyl halides is 4. The first-order chi connectivity index (χ1) is 19.3. The van der Waals surface area contributed by atoms with E-state index in [1.54, 1.807) is 0 Å². The molecule has 0 heterocycles. The summed E-state index contributed by atoms with van der Waals surface area (Å²) < 4.78 is 63.5. The molecule has 0 saturated heterocycles. The number of phenolic OH excluding ortho intramolecular Hbond substituents is 1. The van der Waals surface area contributed by atoms with Gasteiger partial charge in [-0.3, -0.25) is 4.21 Å². The molecule has 2 saturated carbocycles. The summed E-state index contributed by atoms with van der Waals surface area (Å²) in [5.74, 6) is 3.69. The standard InChI is InChI=1S/C34H50F4O2S/c1-24-13-16-30-31-25(22-26-23-27(39)14-15-28(26)29(31)17-19-32(24,30)2)12-9-7-5-4-6-8-10-20-41(40)21-11-18-33(3,35)34(36,37)38/h14-15,23,25,29-31,39H,1,4-13,16-22H2,2-3H3/t25-,29?,30?,31?,32-,33?,41?/m1/s1. The Bertz CT molecular complexity index is 1070. The second kappa shape index (κ2) is 13.5. The molecule has 0 amide bonds. The van der Waals surface area contributed by atoms with E-state index in [0.29, 0.717) is 36.2 Å². The van der Waals surface area contributed by atoms with Crippen molar-refractivity contribution in [3.05, 3.63) is 41.5 Å². The molecule has 1 aromatic rings. The number of unbranched alkanes of at least 4 members (excludes halogenated alkanes) is 6. The summed E-state index contributed by atoms with van der Waals surface area (Å²) in [7, 11) is -1.18. The summed E-state index contributed by atoms with van der Waals surface area (Å²) in [6, 6.07) is 6.07. The van der Waals surface area contributed by atoms with Gasteiger partial charge < -0.3 is 5.11 Å². The number of allylic oxidation sites excluding steroid dienone is 1. The molecular weight excluding hydrogens is 548 g/mol. The fourth-order valence-corrected chi connectivity index (χ4v) is 9.53. The number of phenols is 1. The first-order valence-corrected chi connectivity index (χ1v) is 17.4. The van der Waals surface area contributed by atoms with Crippen LogP contribution in [-0.4, -0.2) is 32.7 Å². The summed E-state index contributed by atoms with van der Waals surface area (Å²) in [5, 5.41) is 10.2. The van der Waals surface area contributed by atoms with Crippen LogP contribution >= 0.6 is 0 Å². The molecule has 0 spiro atoms. The van der Waals surface area contributed by atoms with Crippen molar-refractivity contribution < 1.29 is 26.9 Å². The van der Waals surface area contributed by atoms with E-state index in [-0.39, 0.29) is 17.6 Å². The van der Waals surface area contributed by atoms with Crippen LogP contribution in [0.1, 0.15) is 121 Å². The molecule has 3 aliphatic carbocycles. The van der Waals surface area contributed by atoms with Crippen LogP contribution < -0.4 is 0 Å². The number of halogens is 4. The van der Waals surface area contributed by atoms with Crippen molar-refractivity contribution >= 4 is 10.8 Å². The Morgan fingerprint density at radius 2 is 1.66 bits per heavy atom. The van der Waals surface area contributed by atoms with E-state index >= 15 is 0 Å². The Kier molecular flexibility index (Phi) is 10.7. The number of hydrogen-bond acceptors (Lipinski definition) is 2. The first-order valence-electron chi connectivity index (χ1n) is 15.9. The molecule has 0 aromatic heterocycles. The number of rotatable bonds is 14. The van der Waals surface area contributed by atoms with Crippen LogP contribution in [0, 0.1) is 23.2 Å². The van der Waals surface area contributed by atoms with Crippen LogP contribution in [0.25, 0.3) is 0 Å². The molecule has 0 radical (unpaired) electrons. The second-order valence-corrected chi connectivity index (χ2v) is 15.3. The molecule has 4 rings (SSSR count). The lowest BCUT2D eigenvalue weighted by molar-refractivity contribution is -0.225. The third kappa shape index (κ3) is 7.59. The highest BCUT2D eigenvalue weighted by atomic mass is 32.2. The van der Waals surface area contributed by atoms with Gasteiger partial charge in [0.2, 0.25) is 5.67 Å². The van der Waals surface area contributed by atoms with E-state index in [1.807, 2.05) is 12.1 Å². The Morgan fingerprint density at radius 1 is 1.00 bits per heavy atom. The highest BCUT2D eigenvalue weighted by molar-refractivity contribution is 7.84. The fourth-order valence-electron chi connectivity index (χ4n) is 8.33. The van der Waals surface area contributed by atoms with Gasteiger partial charge in [-0.2, -0.15) is 13.2 Å². The van der Waals surface area contributed by atoms with Gasteiger partial charge >= 0.3 is 6.18 Å². The Balaban J connectivity index is 1.15. The van der Waals surface area contributed by atoms with Crippen LogP contribution in [-0.2, 0) is 17.2 Å². The van der Waals surface area contributed by atoms with Crippen molar-refractivity contribution in [1.82, 2.24) is 0 Å². The van der Waals surface area contributed by atoms with E-state index in [9.17, 15) is 26.9 Å². The number of aromatic hydroxyl groups is 1. The number of benzene rings is 1. The van der Waals surface area contributed by atoms with Gasteiger partial charge in [-0.15, -0.1) is 0 Å². The summed E-state index contributed by atoms with van der Waals surface area (Å²) in [5.41, 5.74) is 1.38.